The third-order valence-corrected chi connectivity index (χ3v) is 6.34. The van der Waals surface area contributed by atoms with Crippen LogP contribution in [-0.2, 0) is 10.0 Å². The molecule has 27 heavy (non-hydrogen) atoms. The minimum atomic E-state index is -3.44. The van der Waals surface area contributed by atoms with Crippen LogP contribution in [0.2, 0.25) is 5.02 Å². The monoisotopic (exact) mass is 409 g/mol. The van der Waals surface area contributed by atoms with E-state index in [0.29, 0.717) is 42.7 Å². The third-order valence-electron chi connectivity index (χ3n) is 4.22. The number of halogens is 1. The highest BCUT2D eigenvalue weighted by Crippen LogP contribution is 2.13. The maximum absolute atomic E-state index is 12.5. The largest absolute Gasteiger partial charge is 0.351 e. The maximum atomic E-state index is 12.5. The summed E-state index contributed by atoms with van der Waals surface area (Å²) in [5, 5.41) is 3.17. The zero-order valence-electron chi connectivity index (χ0n) is 14.6. The Morgan fingerprint density at radius 1 is 1.07 bits per heavy atom. The van der Waals surface area contributed by atoms with Gasteiger partial charge in [0.25, 0.3) is 5.91 Å². The van der Waals surface area contributed by atoms with Crippen molar-refractivity contribution in [2.24, 2.45) is 0 Å². The summed E-state index contributed by atoms with van der Waals surface area (Å²) in [7, 11) is -3.44. The molecule has 0 bridgehead atoms. The highest BCUT2D eigenvalue weighted by molar-refractivity contribution is 7.89. The van der Waals surface area contributed by atoms with Crippen LogP contribution in [0.15, 0.2) is 42.7 Å². The van der Waals surface area contributed by atoms with Crippen molar-refractivity contribution in [1.82, 2.24) is 19.6 Å². The van der Waals surface area contributed by atoms with Gasteiger partial charge in [0.05, 0.1) is 5.75 Å². The average molecular weight is 410 g/mol. The molecule has 8 nitrogen and oxygen atoms in total. The van der Waals surface area contributed by atoms with Crippen LogP contribution in [0.25, 0.3) is 0 Å². The minimum absolute atomic E-state index is 0.0474. The predicted octanol–water partition coefficient (Wildman–Crippen LogP) is 1.01. The van der Waals surface area contributed by atoms with Gasteiger partial charge >= 0.3 is 0 Å². The molecule has 2 heterocycles. The van der Waals surface area contributed by atoms with Gasteiger partial charge < -0.3 is 10.2 Å². The van der Waals surface area contributed by atoms with Gasteiger partial charge in [-0.3, -0.25) is 4.79 Å². The number of hydrogen-bond donors (Lipinski definition) is 1. The lowest BCUT2D eigenvalue weighted by Crippen LogP contribution is -2.50. The first kappa shape index (κ1) is 19.5. The molecule has 1 aliphatic heterocycles. The summed E-state index contributed by atoms with van der Waals surface area (Å²) in [5.74, 6) is 0.131. The summed E-state index contributed by atoms with van der Waals surface area (Å²) in [5.41, 5.74) is 0.438. The molecule has 0 spiro atoms. The number of rotatable bonds is 6. The van der Waals surface area contributed by atoms with Crippen LogP contribution in [0.5, 0.6) is 0 Å². The highest BCUT2D eigenvalue weighted by atomic mass is 35.5. The number of piperazine rings is 1. The molecular weight excluding hydrogens is 390 g/mol. The van der Waals surface area contributed by atoms with Gasteiger partial charge in [-0.15, -0.1) is 0 Å². The Kier molecular flexibility index (Phi) is 6.25. The number of aromatic nitrogens is 2. The number of nitrogens with one attached hydrogen (secondary N) is 1. The van der Waals surface area contributed by atoms with Crippen molar-refractivity contribution in [2.75, 3.05) is 43.4 Å². The van der Waals surface area contributed by atoms with Crippen molar-refractivity contribution in [2.45, 2.75) is 0 Å². The van der Waals surface area contributed by atoms with E-state index >= 15 is 0 Å². The normalized spacial score (nSPS) is 15.5. The quantitative estimate of drug-likeness (QED) is 0.765. The van der Waals surface area contributed by atoms with Crippen molar-refractivity contribution in [3.05, 3.63) is 53.3 Å². The molecule has 0 saturated carbocycles. The molecule has 1 aromatic carbocycles. The summed E-state index contributed by atoms with van der Waals surface area (Å²) in [4.78, 5) is 22.4. The van der Waals surface area contributed by atoms with E-state index in [-0.39, 0.29) is 18.2 Å². The standard InChI is InChI=1S/C17H20ClN5O3S/c18-15-4-2-14(3-5-15)16(24)19-8-13-27(25,26)23-11-9-22(10-12-23)17-20-6-1-7-21-17/h1-7H,8-13H2,(H,19,24). The molecule has 0 atom stereocenters. The maximum Gasteiger partial charge on any atom is 0.251 e. The Bertz CT molecular complexity index is 869. The fourth-order valence-electron chi connectivity index (χ4n) is 2.75. The van der Waals surface area contributed by atoms with E-state index in [1.54, 1.807) is 42.7 Å². The first-order valence-electron chi connectivity index (χ1n) is 8.49. The van der Waals surface area contributed by atoms with E-state index in [9.17, 15) is 13.2 Å². The molecule has 3 rings (SSSR count). The summed E-state index contributed by atoms with van der Waals surface area (Å²) >= 11 is 5.79. The smallest absolute Gasteiger partial charge is 0.251 e. The lowest BCUT2D eigenvalue weighted by Gasteiger charge is -2.33. The Labute approximate surface area is 163 Å². The number of amides is 1. The van der Waals surface area contributed by atoms with Crippen LogP contribution in [-0.4, -0.2) is 67.1 Å². The van der Waals surface area contributed by atoms with Gasteiger partial charge in [0, 0.05) is 55.7 Å². The summed E-state index contributed by atoms with van der Waals surface area (Å²) in [6.45, 7) is 1.84. The number of carbonyl (C=O) groups is 1. The van der Waals surface area contributed by atoms with Crippen LogP contribution >= 0.6 is 11.6 Å². The number of benzene rings is 1. The second-order valence-corrected chi connectivity index (χ2v) is 8.54. The van der Waals surface area contributed by atoms with Gasteiger partial charge in [0.2, 0.25) is 16.0 Å². The molecule has 144 valence electrons. The molecule has 0 radical (unpaired) electrons. The first-order chi connectivity index (χ1) is 13.0. The lowest BCUT2D eigenvalue weighted by atomic mass is 10.2. The van der Waals surface area contributed by atoms with Crippen LogP contribution in [0.1, 0.15) is 10.4 Å². The number of hydrogen-bond acceptors (Lipinski definition) is 6. The van der Waals surface area contributed by atoms with E-state index in [1.165, 1.54) is 4.31 Å². The third kappa shape index (κ3) is 5.15. The van der Waals surface area contributed by atoms with E-state index in [0.717, 1.165) is 0 Å². The minimum Gasteiger partial charge on any atom is -0.351 e. The first-order valence-corrected chi connectivity index (χ1v) is 10.5. The molecule has 2 aromatic rings. The number of anilines is 1. The lowest BCUT2D eigenvalue weighted by molar-refractivity contribution is 0.0956. The molecule has 0 aliphatic carbocycles. The van der Waals surface area contributed by atoms with Gasteiger partial charge in [-0.1, -0.05) is 11.6 Å². The number of carbonyl (C=O) groups excluding carboxylic acids is 1. The second-order valence-electron chi connectivity index (χ2n) is 6.01. The fraction of sp³-hybridized carbons (Fsp3) is 0.353. The number of nitrogens with zero attached hydrogens (tertiary/aromatic N) is 4. The van der Waals surface area contributed by atoms with Crippen LogP contribution < -0.4 is 10.2 Å². The van der Waals surface area contributed by atoms with Crippen molar-refractivity contribution in [3.8, 4) is 0 Å². The second kappa shape index (κ2) is 8.64. The summed E-state index contributed by atoms with van der Waals surface area (Å²) in [6, 6.07) is 8.16. The fourth-order valence-corrected chi connectivity index (χ4v) is 4.21. The van der Waals surface area contributed by atoms with Gasteiger partial charge in [-0.25, -0.2) is 18.4 Å². The van der Waals surface area contributed by atoms with E-state index in [4.69, 9.17) is 11.6 Å². The van der Waals surface area contributed by atoms with Gasteiger partial charge in [-0.05, 0) is 30.3 Å². The van der Waals surface area contributed by atoms with E-state index < -0.39 is 10.0 Å². The zero-order valence-corrected chi connectivity index (χ0v) is 16.2. The molecule has 10 heteroatoms. The van der Waals surface area contributed by atoms with Gasteiger partial charge in [0.15, 0.2) is 0 Å². The van der Waals surface area contributed by atoms with Crippen molar-refractivity contribution in [1.29, 1.82) is 0 Å². The molecule has 1 saturated heterocycles. The zero-order chi connectivity index (χ0) is 19.3. The summed E-state index contributed by atoms with van der Waals surface area (Å²) < 4.78 is 26.4. The molecule has 1 amide bonds. The molecule has 0 unspecified atom stereocenters. The van der Waals surface area contributed by atoms with E-state index in [2.05, 4.69) is 15.3 Å². The molecule has 1 aliphatic rings. The average Bonchev–Trinajstić information content (AvgIpc) is 2.69. The van der Waals surface area contributed by atoms with Crippen LogP contribution in [0, 0.1) is 0 Å². The Morgan fingerprint density at radius 3 is 2.33 bits per heavy atom. The molecule has 1 fully saturated rings. The van der Waals surface area contributed by atoms with Crippen LogP contribution in [0.3, 0.4) is 0 Å². The van der Waals surface area contributed by atoms with Crippen molar-refractivity contribution >= 4 is 33.5 Å². The Balaban J connectivity index is 1.47. The van der Waals surface area contributed by atoms with E-state index in [1.807, 2.05) is 4.90 Å². The summed E-state index contributed by atoms with van der Waals surface area (Å²) in [6.07, 6.45) is 3.32. The molecule has 1 N–H and O–H groups in total. The van der Waals surface area contributed by atoms with Crippen molar-refractivity contribution in [3.63, 3.8) is 0 Å². The topological polar surface area (TPSA) is 95.5 Å². The molecular formula is C17H20ClN5O3S. The van der Waals surface area contributed by atoms with Crippen molar-refractivity contribution < 1.29 is 13.2 Å². The highest BCUT2D eigenvalue weighted by Gasteiger charge is 2.27. The van der Waals surface area contributed by atoms with Gasteiger partial charge in [0.1, 0.15) is 0 Å². The Hall–Kier alpha value is -2.23. The molecule has 1 aromatic heterocycles. The number of sulfonamides is 1. The van der Waals surface area contributed by atoms with Crippen LogP contribution in [0.4, 0.5) is 5.95 Å². The van der Waals surface area contributed by atoms with Gasteiger partial charge in [-0.2, -0.15) is 4.31 Å². The predicted molar refractivity (Wildman–Crippen MR) is 103 cm³/mol. The Morgan fingerprint density at radius 2 is 1.70 bits per heavy atom. The SMILES string of the molecule is O=C(NCCS(=O)(=O)N1CCN(c2ncccn2)CC1)c1ccc(Cl)cc1.